The van der Waals surface area contributed by atoms with Crippen molar-refractivity contribution in [1.29, 1.82) is 0 Å². The first-order valence-electron chi connectivity index (χ1n) is 4.99. The van der Waals surface area contributed by atoms with E-state index in [-0.39, 0.29) is 37.2 Å². The minimum Gasteiger partial charge on any atom is -0.294 e. The van der Waals surface area contributed by atoms with Gasteiger partial charge in [-0.25, -0.2) is 0 Å². The minimum atomic E-state index is -0.371. The summed E-state index contributed by atoms with van der Waals surface area (Å²) in [6.07, 6.45) is 0. The summed E-state index contributed by atoms with van der Waals surface area (Å²) in [4.78, 5) is 35.9. The number of piperazine rings is 1. The van der Waals surface area contributed by atoms with Crippen LogP contribution >= 0.6 is 43.2 Å². The maximum absolute atomic E-state index is 12.0. The standard InChI is InChI=1S/C10H8Br2N2O3S/c11-7-1-5(10(12)18-7)6(15)2-14-3-8(16)13-9(17)4-14/h1H,2-4H2,(H,13,16,17). The number of thiophene rings is 1. The molecule has 0 aliphatic carbocycles. The van der Waals surface area contributed by atoms with Gasteiger partial charge in [-0.3, -0.25) is 24.6 Å². The van der Waals surface area contributed by atoms with Gasteiger partial charge in [-0.15, -0.1) is 11.3 Å². The third kappa shape index (κ3) is 3.25. The first-order valence-corrected chi connectivity index (χ1v) is 7.39. The van der Waals surface area contributed by atoms with Gasteiger partial charge in [0, 0.05) is 5.56 Å². The lowest BCUT2D eigenvalue weighted by Crippen LogP contribution is -2.52. The highest BCUT2D eigenvalue weighted by Crippen LogP contribution is 2.32. The number of amides is 2. The molecular weight excluding hydrogens is 388 g/mol. The van der Waals surface area contributed by atoms with Crippen LogP contribution in [-0.2, 0) is 9.59 Å². The average Bonchev–Trinajstić information content (AvgIpc) is 2.56. The lowest BCUT2D eigenvalue weighted by atomic mass is 10.2. The molecule has 1 aromatic rings. The van der Waals surface area contributed by atoms with Crippen molar-refractivity contribution >= 4 is 60.8 Å². The number of carbonyl (C=O) groups is 3. The molecule has 1 aliphatic rings. The Morgan fingerprint density at radius 3 is 2.44 bits per heavy atom. The van der Waals surface area contributed by atoms with Gasteiger partial charge in [0.15, 0.2) is 5.78 Å². The van der Waals surface area contributed by atoms with Crippen LogP contribution in [0.2, 0.25) is 0 Å². The van der Waals surface area contributed by atoms with E-state index in [1.165, 1.54) is 16.2 Å². The second kappa shape index (κ2) is 5.60. The van der Waals surface area contributed by atoms with E-state index >= 15 is 0 Å². The summed E-state index contributed by atoms with van der Waals surface area (Å²) in [7, 11) is 0. The Labute approximate surface area is 124 Å². The maximum Gasteiger partial charge on any atom is 0.240 e. The Morgan fingerprint density at radius 2 is 1.94 bits per heavy atom. The molecule has 0 radical (unpaired) electrons. The van der Waals surface area contributed by atoms with Crippen molar-refractivity contribution in [2.24, 2.45) is 0 Å². The fourth-order valence-corrected chi connectivity index (χ4v) is 4.48. The third-order valence-corrected chi connectivity index (χ3v) is 4.68. The van der Waals surface area contributed by atoms with Gasteiger partial charge in [-0.1, -0.05) is 0 Å². The van der Waals surface area contributed by atoms with E-state index in [0.717, 1.165) is 7.57 Å². The van der Waals surface area contributed by atoms with Crippen molar-refractivity contribution in [3.63, 3.8) is 0 Å². The zero-order chi connectivity index (χ0) is 13.3. The van der Waals surface area contributed by atoms with Crippen molar-refractivity contribution in [2.75, 3.05) is 19.6 Å². The minimum absolute atomic E-state index is 0.0565. The molecule has 8 heteroatoms. The highest BCUT2D eigenvalue weighted by Gasteiger charge is 2.25. The van der Waals surface area contributed by atoms with Crippen LogP contribution in [0.4, 0.5) is 0 Å². The van der Waals surface area contributed by atoms with E-state index in [0.29, 0.717) is 5.56 Å². The molecule has 2 heterocycles. The number of carbonyl (C=O) groups excluding carboxylic acids is 3. The van der Waals surface area contributed by atoms with Gasteiger partial charge in [0.05, 0.1) is 27.2 Å². The zero-order valence-electron chi connectivity index (χ0n) is 9.03. The number of imide groups is 1. The highest BCUT2D eigenvalue weighted by atomic mass is 79.9. The Hall–Kier alpha value is -0.570. The molecule has 0 bridgehead atoms. The summed E-state index contributed by atoms with van der Waals surface area (Å²) in [6.45, 7) is 0.196. The van der Waals surface area contributed by atoms with E-state index in [2.05, 4.69) is 37.2 Å². The Kier molecular flexibility index (Phi) is 4.31. The molecule has 0 saturated carbocycles. The van der Waals surface area contributed by atoms with Crippen LogP contribution in [0.5, 0.6) is 0 Å². The summed E-state index contributed by atoms with van der Waals surface area (Å²) < 4.78 is 1.59. The molecule has 0 aromatic carbocycles. The number of ketones is 1. The van der Waals surface area contributed by atoms with Gasteiger partial charge in [0.25, 0.3) is 0 Å². The normalized spacial score (nSPS) is 16.8. The number of nitrogens with one attached hydrogen (secondary N) is 1. The monoisotopic (exact) mass is 394 g/mol. The summed E-state index contributed by atoms with van der Waals surface area (Å²) in [5.41, 5.74) is 0.560. The van der Waals surface area contributed by atoms with Gasteiger partial charge in [0.1, 0.15) is 0 Å². The quantitative estimate of drug-likeness (QED) is 0.620. The zero-order valence-corrected chi connectivity index (χ0v) is 13.0. The topological polar surface area (TPSA) is 66.5 Å². The third-order valence-electron chi connectivity index (χ3n) is 2.34. The van der Waals surface area contributed by atoms with Crippen molar-refractivity contribution in [2.45, 2.75) is 0 Å². The molecule has 5 nitrogen and oxygen atoms in total. The van der Waals surface area contributed by atoms with Gasteiger partial charge in [-0.2, -0.15) is 0 Å². The molecule has 0 unspecified atom stereocenters. The summed E-state index contributed by atoms with van der Waals surface area (Å²) >= 11 is 8.02. The predicted octanol–water partition coefficient (Wildman–Crippen LogP) is 1.41. The number of hydrogen-bond donors (Lipinski definition) is 1. The lowest BCUT2D eigenvalue weighted by molar-refractivity contribution is -0.135. The molecule has 18 heavy (non-hydrogen) atoms. The molecule has 2 amide bonds. The van der Waals surface area contributed by atoms with Crippen molar-refractivity contribution in [3.8, 4) is 0 Å². The number of halogens is 2. The number of nitrogens with zero attached hydrogens (tertiary/aromatic N) is 1. The summed E-state index contributed by atoms with van der Waals surface area (Å²) in [5, 5.41) is 2.19. The summed E-state index contributed by atoms with van der Waals surface area (Å²) in [6, 6.07) is 1.73. The maximum atomic E-state index is 12.0. The van der Waals surface area contributed by atoms with E-state index in [1.807, 2.05) is 0 Å². The molecule has 1 N–H and O–H groups in total. The first kappa shape index (κ1) is 13.9. The van der Waals surface area contributed by atoms with Crippen molar-refractivity contribution in [1.82, 2.24) is 10.2 Å². The SMILES string of the molecule is O=C1CN(CC(=O)c2cc(Br)sc2Br)CC(=O)N1. The first-order chi connectivity index (χ1) is 8.45. The molecule has 0 spiro atoms. The van der Waals surface area contributed by atoms with Gasteiger partial charge in [0.2, 0.25) is 11.8 Å². The molecule has 2 rings (SSSR count). The van der Waals surface area contributed by atoms with Crippen molar-refractivity contribution < 1.29 is 14.4 Å². The van der Waals surface area contributed by atoms with Gasteiger partial charge >= 0.3 is 0 Å². The van der Waals surface area contributed by atoms with Crippen LogP contribution in [0.25, 0.3) is 0 Å². The van der Waals surface area contributed by atoms with E-state index in [9.17, 15) is 14.4 Å². The number of Topliss-reactive ketones (excluding diaryl/α,β-unsaturated/α-hetero) is 1. The van der Waals surface area contributed by atoms with Crippen LogP contribution in [0, 0.1) is 0 Å². The fourth-order valence-electron chi connectivity index (χ4n) is 1.63. The molecule has 96 valence electrons. The van der Waals surface area contributed by atoms with Gasteiger partial charge < -0.3 is 0 Å². The fraction of sp³-hybridized carbons (Fsp3) is 0.300. The highest BCUT2D eigenvalue weighted by molar-refractivity contribution is 9.12. The second-order valence-corrected chi connectivity index (χ2v) is 7.53. The molecular formula is C10H8Br2N2O3S. The van der Waals surface area contributed by atoms with Crippen LogP contribution < -0.4 is 5.32 Å². The molecule has 0 atom stereocenters. The van der Waals surface area contributed by atoms with Gasteiger partial charge in [-0.05, 0) is 37.9 Å². The van der Waals surface area contributed by atoms with E-state index < -0.39 is 0 Å². The van der Waals surface area contributed by atoms with Crippen LogP contribution in [-0.4, -0.2) is 42.1 Å². The van der Waals surface area contributed by atoms with E-state index in [1.54, 1.807) is 6.07 Å². The summed E-state index contributed by atoms with van der Waals surface area (Å²) in [5.74, 6) is -0.861. The molecule has 1 fully saturated rings. The Balaban J connectivity index is 2.05. The molecule has 1 aliphatic heterocycles. The molecule has 1 saturated heterocycles. The number of hydrogen-bond acceptors (Lipinski definition) is 5. The van der Waals surface area contributed by atoms with Crippen LogP contribution in [0.1, 0.15) is 10.4 Å². The lowest BCUT2D eigenvalue weighted by Gasteiger charge is -2.24. The van der Waals surface area contributed by atoms with Crippen LogP contribution in [0.15, 0.2) is 13.6 Å². The predicted molar refractivity (Wildman–Crippen MR) is 73.6 cm³/mol. The Morgan fingerprint density at radius 1 is 1.33 bits per heavy atom. The number of rotatable bonds is 3. The Bertz CT molecular complexity index is 513. The largest absolute Gasteiger partial charge is 0.294 e. The van der Waals surface area contributed by atoms with E-state index in [4.69, 9.17) is 0 Å². The van der Waals surface area contributed by atoms with Crippen LogP contribution in [0.3, 0.4) is 0 Å². The smallest absolute Gasteiger partial charge is 0.240 e. The van der Waals surface area contributed by atoms with Crippen molar-refractivity contribution in [3.05, 3.63) is 19.2 Å². The average molecular weight is 396 g/mol. The second-order valence-electron chi connectivity index (χ2n) is 3.78. The molecule has 1 aromatic heterocycles.